The number of nitrogens with one attached hydrogen (secondary N) is 2. The van der Waals surface area contributed by atoms with Gasteiger partial charge in [0.05, 0.1) is 19.8 Å². The predicted molar refractivity (Wildman–Crippen MR) is 76.8 cm³/mol. The SMILES string of the molecule is COc1ccccc1CCNCCC1CNCCO1. The quantitative estimate of drug-likeness (QED) is 0.726. The average molecular weight is 264 g/mol. The van der Waals surface area contributed by atoms with Crippen LogP contribution in [0.25, 0.3) is 0 Å². The Bertz CT molecular complexity index is 365. The summed E-state index contributed by atoms with van der Waals surface area (Å²) in [6, 6.07) is 8.19. The van der Waals surface area contributed by atoms with E-state index in [1.807, 2.05) is 12.1 Å². The third kappa shape index (κ3) is 4.82. The smallest absolute Gasteiger partial charge is 0.122 e. The first-order chi connectivity index (χ1) is 9.40. The van der Waals surface area contributed by atoms with Crippen LogP contribution in [0.1, 0.15) is 12.0 Å². The molecule has 106 valence electrons. The molecule has 4 heteroatoms. The van der Waals surface area contributed by atoms with Gasteiger partial charge in [-0.15, -0.1) is 0 Å². The third-order valence-electron chi connectivity index (χ3n) is 3.41. The molecule has 1 saturated heterocycles. The number of ether oxygens (including phenoxy) is 2. The van der Waals surface area contributed by atoms with E-state index in [2.05, 4.69) is 22.8 Å². The summed E-state index contributed by atoms with van der Waals surface area (Å²) in [6.07, 6.45) is 2.43. The van der Waals surface area contributed by atoms with Crippen molar-refractivity contribution in [3.05, 3.63) is 29.8 Å². The van der Waals surface area contributed by atoms with Gasteiger partial charge in [0.2, 0.25) is 0 Å². The molecule has 4 nitrogen and oxygen atoms in total. The van der Waals surface area contributed by atoms with E-state index >= 15 is 0 Å². The molecule has 1 aromatic rings. The lowest BCUT2D eigenvalue weighted by Crippen LogP contribution is -2.40. The molecule has 2 rings (SSSR count). The van der Waals surface area contributed by atoms with Gasteiger partial charge in [0.1, 0.15) is 5.75 Å². The van der Waals surface area contributed by atoms with Gasteiger partial charge in [-0.3, -0.25) is 0 Å². The van der Waals surface area contributed by atoms with Crippen LogP contribution in [0.5, 0.6) is 5.75 Å². The average Bonchev–Trinajstić information content (AvgIpc) is 2.48. The van der Waals surface area contributed by atoms with E-state index in [9.17, 15) is 0 Å². The van der Waals surface area contributed by atoms with Crippen LogP contribution in [0.3, 0.4) is 0 Å². The highest BCUT2D eigenvalue weighted by molar-refractivity contribution is 5.33. The Kier molecular flexibility index (Phi) is 6.14. The van der Waals surface area contributed by atoms with Crippen LogP contribution in [0, 0.1) is 0 Å². The number of hydrogen-bond acceptors (Lipinski definition) is 4. The first kappa shape index (κ1) is 14.3. The van der Waals surface area contributed by atoms with Crippen molar-refractivity contribution in [3.8, 4) is 5.75 Å². The molecular weight excluding hydrogens is 240 g/mol. The van der Waals surface area contributed by atoms with Gasteiger partial charge in [-0.05, 0) is 37.6 Å². The second-order valence-corrected chi connectivity index (χ2v) is 4.80. The molecule has 0 aliphatic carbocycles. The van der Waals surface area contributed by atoms with Gasteiger partial charge in [0.25, 0.3) is 0 Å². The van der Waals surface area contributed by atoms with Gasteiger partial charge in [-0.2, -0.15) is 0 Å². The highest BCUT2D eigenvalue weighted by Gasteiger charge is 2.12. The van der Waals surface area contributed by atoms with Crippen LogP contribution in [0.4, 0.5) is 0 Å². The van der Waals surface area contributed by atoms with Crippen LogP contribution >= 0.6 is 0 Å². The molecule has 1 aromatic carbocycles. The maximum absolute atomic E-state index is 5.66. The molecule has 19 heavy (non-hydrogen) atoms. The lowest BCUT2D eigenvalue weighted by atomic mass is 10.1. The summed E-state index contributed by atoms with van der Waals surface area (Å²) < 4.78 is 11.0. The van der Waals surface area contributed by atoms with Gasteiger partial charge in [-0.25, -0.2) is 0 Å². The predicted octanol–water partition coefficient (Wildman–Crippen LogP) is 1.21. The van der Waals surface area contributed by atoms with Crippen molar-refractivity contribution >= 4 is 0 Å². The second-order valence-electron chi connectivity index (χ2n) is 4.80. The summed E-state index contributed by atoms with van der Waals surface area (Å²) >= 11 is 0. The van der Waals surface area contributed by atoms with E-state index in [-0.39, 0.29) is 0 Å². The van der Waals surface area contributed by atoms with Gasteiger partial charge in [0.15, 0.2) is 0 Å². The van der Waals surface area contributed by atoms with Crippen LogP contribution in [0.15, 0.2) is 24.3 Å². The van der Waals surface area contributed by atoms with Crippen molar-refractivity contribution in [2.24, 2.45) is 0 Å². The van der Waals surface area contributed by atoms with E-state index in [0.717, 1.165) is 51.4 Å². The fourth-order valence-corrected chi connectivity index (χ4v) is 2.33. The Labute approximate surface area is 115 Å². The Morgan fingerprint density at radius 2 is 2.26 bits per heavy atom. The van der Waals surface area contributed by atoms with Crippen LogP contribution in [-0.2, 0) is 11.2 Å². The maximum Gasteiger partial charge on any atom is 0.122 e. The molecule has 0 radical (unpaired) electrons. The molecule has 1 fully saturated rings. The van der Waals surface area contributed by atoms with Gasteiger partial charge >= 0.3 is 0 Å². The number of benzene rings is 1. The Morgan fingerprint density at radius 1 is 1.37 bits per heavy atom. The molecule has 0 saturated carbocycles. The highest BCUT2D eigenvalue weighted by atomic mass is 16.5. The number of methoxy groups -OCH3 is 1. The second kappa shape index (κ2) is 8.15. The largest absolute Gasteiger partial charge is 0.496 e. The minimum atomic E-state index is 0.368. The zero-order valence-electron chi connectivity index (χ0n) is 11.7. The van der Waals surface area contributed by atoms with Crippen molar-refractivity contribution in [1.82, 2.24) is 10.6 Å². The van der Waals surface area contributed by atoms with Crippen molar-refractivity contribution in [3.63, 3.8) is 0 Å². The van der Waals surface area contributed by atoms with E-state index in [1.165, 1.54) is 5.56 Å². The molecule has 0 amide bonds. The molecular formula is C15H24N2O2. The third-order valence-corrected chi connectivity index (χ3v) is 3.41. The van der Waals surface area contributed by atoms with Crippen LogP contribution < -0.4 is 15.4 Å². The number of hydrogen-bond donors (Lipinski definition) is 2. The molecule has 0 bridgehead atoms. The van der Waals surface area contributed by atoms with Crippen LogP contribution in [0.2, 0.25) is 0 Å². The summed E-state index contributed by atoms with van der Waals surface area (Å²) in [4.78, 5) is 0. The van der Waals surface area contributed by atoms with Gasteiger partial charge in [-0.1, -0.05) is 18.2 Å². The number of morpholine rings is 1. The highest BCUT2D eigenvalue weighted by Crippen LogP contribution is 2.17. The van der Waals surface area contributed by atoms with Crippen molar-refractivity contribution in [2.45, 2.75) is 18.9 Å². The monoisotopic (exact) mass is 264 g/mol. The topological polar surface area (TPSA) is 42.5 Å². The Morgan fingerprint density at radius 3 is 3.05 bits per heavy atom. The summed E-state index contributed by atoms with van der Waals surface area (Å²) in [5.74, 6) is 0.976. The molecule has 1 unspecified atom stereocenters. The lowest BCUT2D eigenvalue weighted by molar-refractivity contribution is 0.0239. The zero-order valence-corrected chi connectivity index (χ0v) is 11.7. The lowest BCUT2D eigenvalue weighted by Gasteiger charge is -2.23. The molecule has 0 spiro atoms. The molecule has 0 aromatic heterocycles. The Balaban J connectivity index is 1.61. The summed E-state index contributed by atoms with van der Waals surface area (Å²) in [7, 11) is 1.72. The van der Waals surface area contributed by atoms with Crippen LogP contribution in [-0.4, -0.2) is 46.0 Å². The number of para-hydroxylation sites is 1. The molecule has 2 N–H and O–H groups in total. The fraction of sp³-hybridized carbons (Fsp3) is 0.600. The zero-order chi connectivity index (χ0) is 13.3. The number of rotatable bonds is 7. The first-order valence-electron chi connectivity index (χ1n) is 7.05. The summed E-state index contributed by atoms with van der Waals surface area (Å²) in [6.45, 7) is 4.78. The fourth-order valence-electron chi connectivity index (χ4n) is 2.33. The molecule has 1 heterocycles. The standard InChI is InChI=1S/C15H24N2O2/c1-18-15-5-3-2-4-13(15)6-8-16-9-7-14-12-17-10-11-19-14/h2-5,14,16-17H,6-12H2,1H3. The van der Waals surface area contributed by atoms with Gasteiger partial charge in [0, 0.05) is 13.1 Å². The van der Waals surface area contributed by atoms with E-state index in [4.69, 9.17) is 9.47 Å². The van der Waals surface area contributed by atoms with Gasteiger partial charge < -0.3 is 20.1 Å². The normalized spacial score (nSPS) is 19.3. The minimum Gasteiger partial charge on any atom is -0.496 e. The molecule has 1 aliphatic rings. The summed E-state index contributed by atoms with van der Waals surface area (Å²) in [5, 5.41) is 6.82. The first-order valence-corrected chi connectivity index (χ1v) is 7.05. The molecule has 1 atom stereocenters. The minimum absolute atomic E-state index is 0.368. The van der Waals surface area contributed by atoms with Crippen molar-refractivity contribution < 1.29 is 9.47 Å². The maximum atomic E-state index is 5.66. The van der Waals surface area contributed by atoms with E-state index < -0.39 is 0 Å². The summed E-state index contributed by atoms with van der Waals surface area (Å²) in [5.41, 5.74) is 1.26. The van der Waals surface area contributed by atoms with Crippen molar-refractivity contribution in [2.75, 3.05) is 39.9 Å². The van der Waals surface area contributed by atoms with E-state index in [1.54, 1.807) is 7.11 Å². The van der Waals surface area contributed by atoms with Crippen molar-refractivity contribution in [1.29, 1.82) is 0 Å². The Hall–Kier alpha value is -1.10. The molecule has 1 aliphatic heterocycles. The van der Waals surface area contributed by atoms with E-state index in [0.29, 0.717) is 6.10 Å².